The molecule has 0 bridgehead atoms. The predicted molar refractivity (Wildman–Crippen MR) is 102 cm³/mol. The Morgan fingerprint density at radius 3 is 2.68 bits per heavy atom. The first-order chi connectivity index (χ1) is 12.2. The van der Waals surface area contributed by atoms with Gasteiger partial charge in [-0.15, -0.1) is 0 Å². The van der Waals surface area contributed by atoms with Crippen molar-refractivity contribution in [1.82, 2.24) is 15.3 Å². The van der Waals surface area contributed by atoms with Crippen LogP contribution in [0.2, 0.25) is 0 Å². The van der Waals surface area contributed by atoms with Crippen LogP contribution in [0, 0.1) is 0 Å². The molecule has 1 atom stereocenters. The molecule has 0 fully saturated rings. The molecule has 3 aromatic rings. The number of methoxy groups -OCH3 is 1. The molecule has 5 nitrogen and oxygen atoms in total. The lowest BCUT2D eigenvalue weighted by Gasteiger charge is -2.16. The van der Waals surface area contributed by atoms with Crippen molar-refractivity contribution in [2.24, 2.45) is 0 Å². The van der Waals surface area contributed by atoms with Crippen molar-refractivity contribution in [3.63, 3.8) is 0 Å². The van der Waals surface area contributed by atoms with Crippen molar-refractivity contribution in [2.45, 2.75) is 12.5 Å². The molecule has 0 aliphatic carbocycles. The first-order valence-corrected chi connectivity index (χ1v) is 9.49. The van der Waals surface area contributed by atoms with Gasteiger partial charge in [-0.1, -0.05) is 12.1 Å². The minimum absolute atomic E-state index is 0.116. The fourth-order valence-electron chi connectivity index (χ4n) is 2.63. The maximum Gasteiger partial charge on any atom is 0.251 e. The molecule has 0 radical (unpaired) electrons. The van der Waals surface area contributed by atoms with Crippen LogP contribution in [0.25, 0.3) is 11.0 Å². The second kappa shape index (κ2) is 8.07. The van der Waals surface area contributed by atoms with E-state index in [0.717, 1.165) is 34.8 Å². The number of para-hydroxylation sites is 2. The van der Waals surface area contributed by atoms with Gasteiger partial charge >= 0.3 is 0 Å². The Hall–Kier alpha value is -2.47. The lowest BCUT2D eigenvalue weighted by molar-refractivity contribution is 0.0934. The minimum Gasteiger partial charge on any atom is -0.497 e. The second-order valence-corrected chi connectivity index (χ2v) is 6.66. The molecule has 0 saturated heterocycles. The van der Waals surface area contributed by atoms with E-state index in [4.69, 9.17) is 4.74 Å². The fraction of sp³-hybridized carbons (Fsp3) is 0.263. The molecule has 3 rings (SSSR count). The molecule has 0 saturated carbocycles. The first-order valence-electron chi connectivity index (χ1n) is 8.09. The highest BCUT2D eigenvalue weighted by atomic mass is 32.2. The summed E-state index contributed by atoms with van der Waals surface area (Å²) in [5.41, 5.74) is 2.49. The van der Waals surface area contributed by atoms with Crippen molar-refractivity contribution in [3.05, 3.63) is 59.9 Å². The van der Waals surface area contributed by atoms with Crippen LogP contribution in [0.15, 0.2) is 48.5 Å². The van der Waals surface area contributed by atoms with E-state index in [2.05, 4.69) is 21.5 Å². The molecule has 2 N–H and O–H groups in total. The average molecular weight is 355 g/mol. The maximum absolute atomic E-state index is 12.6. The average Bonchev–Trinajstić information content (AvgIpc) is 3.09. The Balaban J connectivity index is 1.80. The molecule has 130 valence electrons. The fourth-order valence-corrected chi connectivity index (χ4v) is 3.11. The van der Waals surface area contributed by atoms with E-state index in [1.807, 2.05) is 24.3 Å². The summed E-state index contributed by atoms with van der Waals surface area (Å²) < 4.78 is 5.14. The number of thioether (sulfide) groups is 1. The van der Waals surface area contributed by atoms with Crippen LogP contribution in [0.1, 0.15) is 28.6 Å². The number of aromatic nitrogens is 2. The van der Waals surface area contributed by atoms with Gasteiger partial charge in [-0.3, -0.25) is 4.79 Å². The number of fused-ring (bicyclic) bond motifs is 1. The highest BCUT2D eigenvalue weighted by molar-refractivity contribution is 7.98. The molecular formula is C19H21N3O2S. The number of benzene rings is 2. The van der Waals surface area contributed by atoms with Crippen LogP contribution < -0.4 is 10.1 Å². The van der Waals surface area contributed by atoms with Gasteiger partial charge < -0.3 is 15.0 Å². The van der Waals surface area contributed by atoms with Crippen molar-refractivity contribution in [2.75, 3.05) is 19.1 Å². The molecule has 0 aliphatic heterocycles. The number of rotatable bonds is 7. The summed E-state index contributed by atoms with van der Waals surface area (Å²) in [6.45, 7) is 0. The summed E-state index contributed by atoms with van der Waals surface area (Å²) in [5, 5.41) is 3.10. The number of ether oxygens (including phenoxy) is 1. The van der Waals surface area contributed by atoms with Gasteiger partial charge in [-0.05, 0) is 54.8 Å². The monoisotopic (exact) mass is 355 g/mol. The Morgan fingerprint density at radius 1 is 1.24 bits per heavy atom. The largest absolute Gasteiger partial charge is 0.497 e. The lowest BCUT2D eigenvalue weighted by atomic mass is 10.1. The topological polar surface area (TPSA) is 67.0 Å². The molecule has 1 aromatic heterocycles. The van der Waals surface area contributed by atoms with Gasteiger partial charge in [-0.2, -0.15) is 11.8 Å². The van der Waals surface area contributed by atoms with E-state index >= 15 is 0 Å². The quantitative estimate of drug-likeness (QED) is 0.676. The van der Waals surface area contributed by atoms with E-state index in [0.29, 0.717) is 5.56 Å². The van der Waals surface area contributed by atoms with Gasteiger partial charge in [-0.25, -0.2) is 4.98 Å². The first kappa shape index (κ1) is 17.4. The van der Waals surface area contributed by atoms with Crippen molar-refractivity contribution in [3.8, 4) is 5.75 Å². The molecule has 0 unspecified atom stereocenters. The number of amides is 1. The van der Waals surface area contributed by atoms with Crippen molar-refractivity contribution >= 4 is 28.7 Å². The highest BCUT2D eigenvalue weighted by Gasteiger charge is 2.19. The summed E-state index contributed by atoms with van der Waals surface area (Å²) in [4.78, 5) is 20.6. The standard InChI is InChI=1S/C19H21N3O2S/c1-24-14-9-7-13(8-10-14)19(23)22-17(11-12-25-2)18-20-15-5-3-4-6-16(15)21-18/h3-10,17H,11-12H2,1-2H3,(H,20,21)(H,22,23)/t17-/m1/s1. The van der Waals surface area contributed by atoms with E-state index in [1.165, 1.54) is 0 Å². The number of hydrogen-bond donors (Lipinski definition) is 2. The maximum atomic E-state index is 12.6. The summed E-state index contributed by atoms with van der Waals surface area (Å²) in [6, 6.07) is 14.8. The zero-order valence-electron chi connectivity index (χ0n) is 14.3. The molecule has 0 spiro atoms. The van der Waals surface area contributed by atoms with E-state index < -0.39 is 0 Å². The summed E-state index contributed by atoms with van der Waals surface area (Å²) in [5.74, 6) is 2.34. The third kappa shape index (κ3) is 4.14. The lowest BCUT2D eigenvalue weighted by Crippen LogP contribution is -2.29. The summed E-state index contributed by atoms with van der Waals surface area (Å²) in [6.07, 6.45) is 2.86. The Morgan fingerprint density at radius 2 is 2.00 bits per heavy atom. The van der Waals surface area contributed by atoms with Crippen LogP contribution >= 0.6 is 11.8 Å². The molecule has 2 aromatic carbocycles. The van der Waals surface area contributed by atoms with Gasteiger partial charge in [0.05, 0.1) is 24.2 Å². The third-order valence-electron chi connectivity index (χ3n) is 4.01. The van der Waals surface area contributed by atoms with Crippen LogP contribution in [0.5, 0.6) is 5.75 Å². The number of aromatic amines is 1. The molecule has 0 aliphatic rings. The Labute approximate surface area is 151 Å². The zero-order valence-corrected chi connectivity index (χ0v) is 15.1. The number of nitrogens with one attached hydrogen (secondary N) is 2. The van der Waals surface area contributed by atoms with Gasteiger partial charge in [0.2, 0.25) is 0 Å². The summed E-state index contributed by atoms with van der Waals surface area (Å²) in [7, 11) is 1.61. The van der Waals surface area contributed by atoms with Gasteiger partial charge in [0, 0.05) is 5.56 Å². The van der Waals surface area contributed by atoms with Gasteiger partial charge in [0.25, 0.3) is 5.91 Å². The molecule has 1 amide bonds. The number of carbonyl (C=O) groups excluding carboxylic acids is 1. The van der Waals surface area contributed by atoms with Crippen LogP contribution in [0.3, 0.4) is 0 Å². The molecular weight excluding hydrogens is 334 g/mol. The summed E-state index contributed by atoms with van der Waals surface area (Å²) >= 11 is 1.75. The molecule has 1 heterocycles. The smallest absolute Gasteiger partial charge is 0.251 e. The number of H-pyrrole nitrogens is 1. The third-order valence-corrected chi connectivity index (χ3v) is 4.65. The van der Waals surface area contributed by atoms with E-state index in [9.17, 15) is 4.79 Å². The van der Waals surface area contributed by atoms with Crippen molar-refractivity contribution in [1.29, 1.82) is 0 Å². The molecule has 25 heavy (non-hydrogen) atoms. The van der Waals surface area contributed by atoms with Gasteiger partial charge in [0.1, 0.15) is 11.6 Å². The Bertz CT molecular complexity index is 812. The normalized spacial score (nSPS) is 12.1. The number of carbonyl (C=O) groups is 1. The highest BCUT2D eigenvalue weighted by Crippen LogP contribution is 2.21. The van der Waals surface area contributed by atoms with E-state index in [1.54, 1.807) is 43.1 Å². The van der Waals surface area contributed by atoms with E-state index in [-0.39, 0.29) is 11.9 Å². The van der Waals surface area contributed by atoms with Gasteiger partial charge in [0.15, 0.2) is 0 Å². The Kier molecular flexibility index (Phi) is 5.60. The van der Waals surface area contributed by atoms with Crippen LogP contribution in [0.4, 0.5) is 0 Å². The zero-order chi connectivity index (χ0) is 17.6. The minimum atomic E-state index is -0.158. The number of hydrogen-bond acceptors (Lipinski definition) is 4. The predicted octanol–water partition coefficient (Wildman–Crippen LogP) is 3.80. The second-order valence-electron chi connectivity index (χ2n) is 5.68. The van der Waals surface area contributed by atoms with Crippen LogP contribution in [-0.2, 0) is 0 Å². The number of nitrogens with zero attached hydrogens (tertiary/aromatic N) is 1. The number of imidazole rings is 1. The van der Waals surface area contributed by atoms with Crippen LogP contribution in [-0.4, -0.2) is 35.0 Å². The molecule has 6 heteroatoms. The van der Waals surface area contributed by atoms with Crippen molar-refractivity contribution < 1.29 is 9.53 Å². The SMILES string of the molecule is COc1ccc(C(=O)N[C@H](CCSC)c2nc3ccccc3[nH]2)cc1.